The molecule has 0 spiro atoms. The van der Waals surface area contributed by atoms with E-state index < -0.39 is 0 Å². The normalized spacial score (nSPS) is 9.33. The molecule has 0 saturated carbocycles. The molecule has 0 fully saturated rings. The summed E-state index contributed by atoms with van der Waals surface area (Å²) < 4.78 is 0. The van der Waals surface area contributed by atoms with Crippen molar-refractivity contribution >= 4 is 16.8 Å². The molecular formula is C10H11NS. The minimum atomic E-state index is 0.607. The summed E-state index contributed by atoms with van der Waals surface area (Å²) in [4.78, 5) is 0. The van der Waals surface area contributed by atoms with Crippen LogP contribution in [0, 0.1) is 5.41 Å². The molecule has 0 aliphatic carbocycles. The predicted molar refractivity (Wildman–Crippen MR) is 55.9 cm³/mol. The predicted octanol–water partition coefficient (Wildman–Crippen LogP) is 2.93. The lowest BCUT2D eigenvalue weighted by atomic mass is 10.2. The van der Waals surface area contributed by atoms with Gasteiger partial charge in [0.2, 0.25) is 0 Å². The zero-order valence-corrected chi connectivity index (χ0v) is 7.60. The van der Waals surface area contributed by atoms with E-state index in [-0.39, 0.29) is 0 Å². The summed E-state index contributed by atoms with van der Waals surface area (Å²) >= 11 is 1.49. The number of thioether (sulfide) groups is 1. The van der Waals surface area contributed by atoms with E-state index in [0.29, 0.717) is 5.04 Å². The zero-order valence-electron chi connectivity index (χ0n) is 6.79. The number of nitrogens with one attached hydrogen (secondary N) is 1. The Hall–Kier alpha value is -1.02. The maximum atomic E-state index is 7.65. The van der Waals surface area contributed by atoms with Gasteiger partial charge < -0.3 is 0 Å². The molecule has 0 heterocycles. The van der Waals surface area contributed by atoms with Crippen molar-refractivity contribution in [2.75, 3.05) is 5.75 Å². The highest BCUT2D eigenvalue weighted by Gasteiger charge is 1.97. The molecule has 1 aromatic carbocycles. The summed E-state index contributed by atoms with van der Waals surface area (Å²) in [6, 6.07) is 9.72. The van der Waals surface area contributed by atoms with E-state index in [4.69, 9.17) is 5.41 Å². The summed E-state index contributed by atoms with van der Waals surface area (Å²) in [6.45, 7) is 3.61. The second-order valence-corrected chi connectivity index (χ2v) is 3.33. The summed E-state index contributed by atoms with van der Waals surface area (Å²) in [7, 11) is 0. The second-order valence-electron chi connectivity index (χ2n) is 2.29. The highest BCUT2D eigenvalue weighted by atomic mass is 32.2. The summed E-state index contributed by atoms with van der Waals surface area (Å²) in [6.07, 6.45) is 1.81. The lowest BCUT2D eigenvalue weighted by Crippen LogP contribution is -1.92. The maximum Gasteiger partial charge on any atom is 0.0945 e. The molecule has 0 unspecified atom stereocenters. The van der Waals surface area contributed by atoms with Gasteiger partial charge in [0.25, 0.3) is 0 Å². The third-order valence-corrected chi connectivity index (χ3v) is 2.31. The van der Waals surface area contributed by atoms with Gasteiger partial charge in [-0.2, -0.15) is 0 Å². The van der Waals surface area contributed by atoms with Crippen molar-refractivity contribution in [2.45, 2.75) is 0 Å². The third-order valence-electron chi connectivity index (χ3n) is 1.38. The summed E-state index contributed by atoms with van der Waals surface area (Å²) in [5.74, 6) is 0.799. The van der Waals surface area contributed by atoms with Gasteiger partial charge in [-0.1, -0.05) is 36.4 Å². The SMILES string of the molecule is C=CCSC(=N)c1ccccc1. The minimum absolute atomic E-state index is 0.607. The van der Waals surface area contributed by atoms with E-state index in [0.717, 1.165) is 11.3 Å². The van der Waals surface area contributed by atoms with Gasteiger partial charge in [0.05, 0.1) is 5.04 Å². The fourth-order valence-corrected chi connectivity index (χ4v) is 1.40. The average Bonchev–Trinajstić information content (AvgIpc) is 2.15. The molecule has 0 atom stereocenters. The summed E-state index contributed by atoms with van der Waals surface area (Å²) in [5.41, 5.74) is 0.976. The van der Waals surface area contributed by atoms with Crippen LogP contribution in [0.2, 0.25) is 0 Å². The molecule has 0 amide bonds. The van der Waals surface area contributed by atoms with Gasteiger partial charge in [0.15, 0.2) is 0 Å². The number of hydrogen-bond acceptors (Lipinski definition) is 2. The Morgan fingerprint density at radius 3 is 2.67 bits per heavy atom. The largest absolute Gasteiger partial charge is 0.293 e. The van der Waals surface area contributed by atoms with Crippen LogP contribution in [0.15, 0.2) is 43.0 Å². The lowest BCUT2D eigenvalue weighted by molar-refractivity contribution is 1.52. The molecule has 0 saturated heterocycles. The Kier molecular flexibility index (Phi) is 3.61. The number of benzene rings is 1. The van der Waals surface area contributed by atoms with Crippen molar-refractivity contribution in [1.82, 2.24) is 0 Å². The van der Waals surface area contributed by atoms with Crippen molar-refractivity contribution in [1.29, 1.82) is 5.41 Å². The van der Waals surface area contributed by atoms with E-state index in [2.05, 4.69) is 6.58 Å². The highest BCUT2D eigenvalue weighted by Crippen LogP contribution is 2.11. The zero-order chi connectivity index (χ0) is 8.81. The van der Waals surface area contributed by atoms with Crippen molar-refractivity contribution in [3.63, 3.8) is 0 Å². The molecule has 0 aliphatic heterocycles. The second kappa shape index (κ2) is 4.78. The van der Waals surface area contributed by atoms with E-state index in [1.54, 1.807) is 0 Å². The van der Waals surface area contributed by atoms with Crippen LogP contribution in [0.1, 0.15) is 5.56 Å². The first-order chi connectivity index (χ1) is 5.84. The van der Waals surface area contributed by atoms with Crippen LogP contribution in [0.25, 0.3) is 0 Å². The molecule has 62 valence electrons. The maximum absolute atomic E-state index is 7.65. The van der Waals surface area contributed by atoms with Gasteiger partial charge in [-0.25, -0.2) is 0 Å². The summed E-state index contributed by atoms with van der Waals surface area (Å²) in [5, 5.41) is 8.26. The topological polar surface area (TPSA) is 23.9 Å². The Balaban J connectivity index is 2.59. The van der Waals surface area contributed by atoms with Crippen LogP contribution in [-0.2, 0) is 0 Å². The van der Waals surface area contributed by atoms with Gasteiger partial charge in [-0.3, -0.25) is 5.41 Å². The fraction of sp³-hybridized carbons (Fsp3) is 0.100. The highest BCUT2D eigenvalue weighted by molar-refractivity contribution is 8.14. The van der Waals surface area contributed by atoms with E-state index in [1.807, 2.05) is 36.4 Å². The Morgan fingerprint density at radius 1 is 1.42 bits per heavy atom. The average molecular weight is 177 g/mol. The Bertz CT molecular complexity index is 266. The molecule has 0 aromatic heterocycles. The van der Waals surface area contributed by atoms with Crippen molar-refractivity contribution in [2.24, 2.45) is 0 Å². The minimum Gasteiger partial charge on any atom is -0.293 e. The van der Waals surface area contributed by atoms with Gasteiger partial charge in [0.1, 0.15) is 0 Å². The fourth-order valence-electron chi connectivity index (χ4n) is 0.815. The van der Waals surface area contributed by atoms with Crippen LogP contribution >= 0.6 is 11.8 Å². The van der Waals surface area contributed by atoms with Crippen LogP contribution < -0.4 is 0 Å². The van der Waals surface area contributed by atoms with E-state index in [9.17, 15) is 0 Å². The van der Waals surface area contributed by atoms with E-state index in [1.165, 1.54) is 11.8 Å². The molecule has 2 heteroatoms. The Labute approximate surface area is 77.0 Å². The van der Waals surface area contributed by atoms with Crippen LogP contribution in [0.3, 0.4) is 0 Å². The van der Waals surface area contributed by atoms with Gasteiger partial charge in [-0.05, 0) is 0 Å². The standard InChI is InChI=1S/C10H11NS/c1-2-8-12-10(11)9-6-4-3-5-7-9/h2-7,11H,1,8H2. The molecule has 1 aromatic rings. The van der Waals surface area contributed by atoms with Gasteiger partial charge >= 0.3 is 0 Å². The third kappa shape index (κ3) is 2.55. The lowest BCUT2D eigenvalue weighted by Gasteiger charge is -1.99. The number of rotatable bonds is 3. The number of hydrogen-bond donors (Lipinski definition) is 1. The first-order valence-electron chi connectivity index (χ1n) is 3.72. The van der Waals surface area contributed by atoms with Crippen LogP contribution in [0.4, 0.5) is 0 Å². The van der Waals surface area contributed by atoms with Crippen molar-refractivity contribution in [3.8, 4) is 0 Å². The van der Waals surface area contributed by atoms with Crippen LogP contribution in [0.5, 0.6) is 0 Å². The van der Waals surface area contributed by atoms with E-state index >= 15 is 0 Å². The smallest absolute Gasteiger partial charge is 0.0945 e. The quantitative estimate of drug-likeness (QED) is 0.428. The van der Waals surface area contributed by atoms with Crippen molar-refractivity contribution < 1.29 is 0 Å². The van der Waals surface area contributed by atoms with Crippen molar-refractivity contribution in [3.05, 3.63) is 48.6 Å². The molecule has 0 radical (unpaired) electrons. The molecule has 0 bridgehead atoms. The molecule has 1 nitrogen and oxygen atoms in total. The molecular weight excluding hydrogens is 166 g/mol. The van der Waals surface area contributed by atoms with Gasteiger partial charge in [0, 0.05) is 11.3 Å². The molecule has 0 aliphatic rings. The first-order valence-corrected chi connectivity index (χ1v) is 4.71. The Morgan fingerprint density at radius 2 is 2.08 bits per heavy atom. The molecule has 1 rings (SSSR count). The molecule has 1 N–H and O–H groups in total. The monoisotopic (exact) mass is 177 g/mol. The molecule has 12 heavy (non-hydrogen) atoms. The first kappa shape index (κ1) is 9.07. The van der Waals surface area contributed by atoms with Crippen LogP contribution in [-0.4, -0.2) is 10.8 Å². The van der Waals surface area contributed by atoms with Gasteiger partial charge in [-0.15, -0.1) is 18.3 Å².